The van der Waals surface area contributed by atoms with Crippen LogP contribution in [0.3, 0.4) is 0 Å². The van der Waals surface area contributed by atoms with Gasteiger partial charge in [0.2, 0.25) is 16.9 Å². The summed E-state index contributed by atoms with van der Waals surface area (Å²) in [4.78, 5) is 26.2. The van der Waals surface area contributed by atoms with Crippen LogP contribution >= 0.6 is 11.3 Å². The summed E-state index contributed by atoms with van der Waals surface area (Å²) in [5, 5.41) is 14.7. The molecule has 3 aliphatic rings. The van der Waals surface area contributed by atoms with Crippen LogP contribution in [0.25, 0.3) is 0 Å². The van der Waals surface area contributed by atoms with Crippen molar-refractivity contribution < 1.29 is 9.59 Å². The fourth-order valence-electron chi connectivity index (χ4n) is 3.16. The van der Waals surface area contributed by atoms with Gasteiger partial charge in [0.1, 0.15) is 5.01 Å². The summed E-state index contributed by atoms with van der Waals surface area (Å²) in [5.74, 6) is 0.370. The maximum atomic E-state index is 12.0. The van der Waals surface area contributed by atoms with Gasteiger partial charge in [0, 0.05) is 25.4 Å². The highest BCUT2D eigenvalue weighted by molar-refractivity contribution is 7.15. The van der Waals surface area contributed by atoms with Crippen LogP contribution in [0.15, 0.2) is 0 Å². The van der Waals surface area contributed by atoms with Crippen molar-refractivity contribution in [3.63, 3.8) is 0 Å². The quantitative estimate of drug-likeness (QED) is 0.836. The van der Waals surface area contributed by atoms with E-state index in [1.54, 1.807) is 0 Å². The number of aryl methyl sites for hydroxylation is 1. The third kappa shape index (κ3) is 3.80. The average Bonchev–Trinajstić information content (AvgIpc) is 2.91. The Balaban J connectivity index is 1.39. The molecule has 22 heavy (non-hydrogen) atoms. The van der Waals surface area contributed by atoms with Gasteiger partial charge in [0.25, 0.3) is 0 Å². The molecular formula is C14H21N5O2S. The number of anilines is 1. The molecule has 2 amide bonds. The van der Waals surface area contributed by atoms with E-state index in [-0.39, 0.29) is 30.7 Å². The Morgan fingerprint density at radius 3 is 2.55 bits per heavy atom. The summed E-state index contributed by atoms with van der Waals surface area (Å²) in [6.07, 6.45) is 2.72. The van der Waals surface area contributed by atoms with Gasteiger partial charge < -0.3 is 15.5 Å². The van der Waals surface area contributed by atoms with Gasteiger partial charge in [0.15, 0.2) is 0 Å². The SMILES string of the molecule is Cc1nnc(NC(=O)CCC(=O)NC2CN3CCC2CC3)s1. The Kier molecular flexibility index (Phi) is 4.68. The molecule has 1 atom stereocenters. The van der Waals surface area contributed by atoms with E-state index in [0.717, 1.165) is 24.6 Å². The first-order valence-corrected chi connectivity index (χ1v) is 8.53. The lowest BCUT2D eigenvalue weighted by molar-refractivity contribution is -0.125. The molecule has 2 N–H and O–H groups in total. The maximum absolute atomic E-state index is 12.0. The zero-order chi connectivity index (χ0) is 15.5. The molecule has 120 valence electrons. The minimum absolute atomic E-state index is 0.0395. The highest BCUT2D eigenvalue weighted by atomic mass is 32.1. The van der Waals surface area contributed by atoms with Gasteiger partial charge in [-0.15, -0.1) is 10.2 Å². The number of hydrogen-bond donors (Lipinski definition) is 2. The number of nitrogens with one attached hydrogen (secondary N) is 2. The van der Waals surface area contributed by atoms with Crippen LogP contribution < -0.4 is 10.6 Å². The normalized spacial score (nSPS) is 26.7. The predicted octanol–water partition coefficient (Wildman–Crippen LogP) is 0.776. The van der Waals surface area contributed by atoms with E-state index in [1.807, 2.05) is 6.92 Å². The molecule has 3 saturated heterocycles. The number of rotatable bonds is 5. The van der Waals surface area contributed by atoms with E-state index in [2.05, 4.69) is 25.7 Å². The topological polar surface area (TPSA) is 87.2 Å². The minimum Gasteiger partial charge on any atom is -0.352 e. The molecule has 0 aromatic carbocycles. The van der Waals surface area contributed by atoms with Crippen molar-refractivity contribution in [3.05, 3.63) is 5.01 Å². The highest BCUT2D eigenvalue weighted by Gasteiger charge is 2.34. The van der Waals surface area contributed by atoms with E-state index in [0.29, 0.717) is 11.0 Å². The third-order valence-electron chi connectivity index (χ3n) is 4.35. The fourth-order valence-corrected chi connectivity index (χ4v) is 3.77. The van der Waals surface area contributed by atoms with Crippen LogP contribution in [0.4, 0.5) is 5.13 Å². The Bertz CT molecular complexity index is 553. The van der Waals surface area contributed by atoms with Crippen molar-refractivity contribution in [3.8, 4) is 0 Å². The Hall–Kier alpha value is -1.54. The Labute approximate surface area is 133 Å². The molecule has 0 radical (unpaired) electrons. The maximum Gasteiger partial charge on any atom is 0.226 e. The van der Waals surface area contributed by atoms with Crippen molar-refractivity contribution >= 4 is 28.3 Å². The average molecular weight is 323 g/mol. The molecule has 4 rings (SSSR count). The standard InChI is InChI=1S/C14H21N5O2S/c1-9-17-18-14(22-9)16-13(21)3-2-12(20)15-11-8-19-6-4-10(11)5-7-19/h10-11H,2-8H2,1H3,(H,15,20)(H,16,18,21). The monoisotopic (exact) mass is 323 g/mol. The Morgan fingerprint density at radius 1 is 1.23 bits per heavy atom. The molecule has 7 nitrogen and oxygen atoms in total. The number of aromatic nitrogens is 2. The van der Waals surface area contributed by atoms with Gasteiger partial charge in [0.05, 0.1) is 0 Å². The van der Waals surface area contributed by atoms with Crippen molar-refractivity contribution in [2.24, 2.45) is 5.92 Å². The van der Waals surface area contributed by atoms with Crippen molar-refractivity contribution in [1.29, 1.82) is 0 Å². The summed E-state index contributed by atoms with van der Waals surface area (Å²) < 4.78 is 0. The van der Waals surface area contributed by atoms with Gasteiger partial charge in [-0.1, -0.05) is 11.3 Å². The molecule has 2 bridgehead atoms. The number of amides is 2. The van der Waals surface area contributed by atoms with E-state index in [1.165, 1.54) is 24.2 Å². The van der Waals surface area contributed by atoms with Gasteiger partial charge in [-0.05, 0) is 38.8 Å². The van der Waals surface area contributed by atoms with Gasteiger partial charge in [-0.3, -0.25) is 9.59 Å². The van der Waals surface area contributed by atoms with Crippen LogP contribution in [0.5, 0.6) is 0 Å². The lowest BCUT2D eigenvalue weighted by Gasteiger charge is -2.44. The van der Waals surface area contributed by atoms with Crippen LogP contribution in [-0.4, -0.2) is 52.6 Å². The first kappa shape index (κ1) is 15.4. The molecule has 0 saturated carbocycles. The molecule has 3 aliphatic heterocycles. The Morgan fingerprint density at radius 2 is 1.95 bits per heavy atom. The minimum atomic E-state index is -0.194. The van der Waals surface area contributed by atoms with E-state index < -0.39 is 0 Å². The zero-order valence-electron chi connectivity index (χ0n) is 12.7. The molecule has 0 aliphatic carbocycles. The molecule has 1 aromatic heterocycles. The lowest BCUT2D eigenvalue weighted by Crippen LogP contribution is -2.57. The smallest absolute Gasteiger partial charge is 0.226 e. The second kappa shape index (κ2) is 6.70. The molecule has 8 heteroatoms. The van der Waals surface area contributed by atoms with Crippen molar-refractivity contribution in [2.75, 3.05) is 25.0 Å². The highest BCUT2D eigenvalue weighted by Crippen LogP contribution is 2.27. The number of nitrogens with zero attached hydrogens (tertiary/aromatic N) is 3. The fraction of sp³-hybridized carbons (Fsp3) is 0.714. The lowest BCUT2D eigenvalue weighted by atomic mass is 9.84. The molecule has 1 unspecified atom stereocenters. The van der Waals surface area contributed by atoms with Crippen LogP contribution in [0.1, 0.15) is 30.7 Å². The number of fused-ring (bicyclic) bond motifs is 3. The van der Waals surface area contributed by atoms with Crippen molar-refractivity contribution in [1.82, 2.24) is 20.4 Å². The molecule has 0 spiro atoms. The second-order valence-electron chi connectivity index (χ2n) is 5.99. The largest absolute Gasteiger partial charge is 0.352 e. The number of carbonyl (C=O) groups is 2. The number of hydrogen-bond acceptors (Lipinski definition) is 6. The van der Waals surface area contributed by atoms with E-state index in [9.17, 15) is 9.59 Å². The van der Waals surface area contributed by atoms with Gasteiger partial charge in [-0.25, -0.2) is 0 Å². The molecule has 1 aromatic rings. The van der Waals surface area contributed by atoms with Crippen molar-refractivity contribution in [2.45, 2.75) is 38.6 Å². The third-order valence-corrected chi connectivity index (χ3v) is 5.11. The van der Waals surface area contributed by atoms with Crippen LogP contribution in [-0.2, 0) is 9.59 Å². The summed E-state index contributed by atoms with van der Waals surface area (Å²) in [6.45, 7) is 5.09. The molecule has 4 heterocycles. The van der Waals surface area contributed by atoms with Gasteiger partial charge >= 0.3 is 0 Å². The molecule has 3 fully saturated rings. The number of piperidine rings is 3. The van der Waals surface area contributed by atoms with E-state index in [4.69, 9.17) is 0 Å². The van der Waals surface area contributed by atoms with Crippen LogP contribution in [0.2, 0.25) is 0 Å². The predicted molar refractivity (Wildman–Crippen MR) is 83.6 cm³/mol. The summed E-state index contributed by atoms with van der Waals surface area (Å²) in [7, 11) is 0. The second-order valence-corrected chi connectivity index (χ2v) is 7.17. The summed E-state index contributed by atoms with van der Waals surface area (Å²) >= 11 is 1.33. The number of carbonyl (C=O) groups excluding carboxylic acids is 2. The van der Waals surface area contributed by atoms with Gasteiger partial charge in [-0.2, -0.15) is 0 Å². The zero-order valence-corrected chi connectivity index (χ0v) is 13.5. The first-order chi connectivity index (χ1) is 10.6. The van der Waals surface area contributed by atoms with Crippen LogP contribution in [0, 0.1) is 12.8 Å². The van der Waals surface area contributed by atoms with E-state index >= 15 is 0 Å². The summed E-state index contributed by atoms with van der Waals surface area (Å²) in [6, 6.07) is 0.254. The summed E-state index contributed by atoms with van der Waals surface area (Å²) in [5.41, 5.74) is 0. The first-order valence-electron chi connectivity index (χ1n) is 7.72. The molecular weight excluding hydrogens is 302 g/mol.